The van der Waals surface area contributed by atoms with Gasteiger partial charge in [0.15, 0.2) is 0 Å². The summed E-state index contributed by atoms with van der Waals surface area (Å²) in [5, 5.41) is 0. The number of hydrogen-bond donors (Lipinski definition) is 0. The molecule has 0 bridgehead atoms. The third-order valence-corrected chi connectivity index (χ3v) is 28.1. The van der Waals surface area contributed by atoms with Gasteiger partial charge in [0.2, 0.25) is 0 Å². The molecule has 9 heteroatoms. The number of benzene rings is 15. The van der Waals surface area contributed by atoms with Gasteiger partial charge in [-0.05, 0) is 221 Å². The second-order valence-corrected chi connectivity index (χ2v) is 43.7. The summed E-state index contributed by atoms with van der Waals surface area (Å²) < 4.78 is 17.3. The largest absolute Gasteiger partial charge is 0.459 e. The van der Waals surface area contributed by atoms with Crippen molar-refractivity contribution in [3.63, 3.8) is 0 Å². The van der Waals surface area contributed by atoms with Gasteiger partial charge >= 0.3 is 0 Å². The van der Waals surface area contributed by atoms with Gasteiger partial charge in [0.25, 0.3) is 20.1 Å². The molecule has 0 N–H and O–H groups in total. The van der Waals surface area contributed by atoms with Crippen molar-refractivity contribution in [1.29, 1.82) is 0 Å². The van der Waals surface area contributed by atoms with Gasteiger partial charge in [0.1, 0.15) is 23.0 Å². The van der Waals surface area contributed by atoms with Crippen LogP contribution in [0, 0.1) is 0 Å². The van der Waals surface area contributed by atoms with E-state index < -0.39 is 12.1 Å². The van der Waals surface area contributed by atoms with E-state index in [9.17, 15) is 0 Å². The first-order chi connectivity index (χ1) is 60.4. The highest BCUT2D eigenvalue weighted by Gasteiger charge is 2.56. The lowest BCUT2D eigenvalue weighted by molar-refractivity contribution is 0.489. The van der Waals surface area contributed by atoms with Gasteiger partial charge in [0, 0.05) is 79.1 Å². The quantitative estimate of drug-likeness (QED) is 0.141. The Hall–Kier alpha value is -12.7. The van der Waals surface area contributed by atoms with E-state index in [1.165, 1.54) is 49.9 Å². The van der Waals surface area contributed by atoms with Crippen LogP contribution in [-0.2, 0) is 37.9 Å². The Kier molecular flexibility index (Phi) is 18.5. The van der Waals surface area contributed by atoms with E-state index in [1.54, 1.807) is 0 Å². The van der Waals surface area contributed by atoms with E-state index in [2.05, 4.69) is 468 Å². The van der Waals surface area contributed by atoms with E-state index in [-0.39, 0.29) is 45.9 Å². The van der Waals surface area contributed by atoms with E-state index in [0.29, 0.717) is 0 Å². The fourth-order valence-electron chi connectivity index (χ4n) is 21.1. The average molecular weight is 1650 g/mol. The molecule has 0 radical (unpaired) electrons. The monoisotopic (exact) mass is 1650 g/mol. The number of rotatable bonds is 8. The first-order valence-electron chi connectivity index (χ1n) is 45.9. The Balaban J connectivity index is 1.01. The molecule has 6 aliphatic heterocycles. The Morgan fingerprint density at radius 3 is 0.756 bits per heavy atom. The first-order valence-corrected chi connectivity index (χ1v) is 45.9. The Labute approximate surface area is 754 Å². The standard InChI is InChI=1S/C118H113B3N4O2/c1-112(2,3)76-48-56-83(57-49-76)122-93-60-52-78(114(7,8)9)64-89(93)119-91-66-80(116(13,14)15)54-62-101(91)126-110-104(119)97(122)70-99-106(110)121-103-95(124(99)108-85(72-36-26-22-27-37-72)44-34-45-86(108)73-38-28-23-29-39-73)68-82(118(19,20)21)69-96(103)125(109-87(74-40-30-24-31-41-74)46-35-47-88(109)75-42-32-25-33-43-75)100-71-98-105-111(107(100)121)127-102-63-55-81(117(16,17)18)67-92(102)120(105)90-65-79(115(10,11)12)53-61-94(90)123(98)84-58-50-77(51-59-84)113(4,5)6/h22-71H,1-21H3. The molecule has 0 atom stereocenters. The van der Waals surface area contributed by atoms with Crippen molar-refractivity contribution in [2.24, 2.45) is 0 Å². The summed E-state index contributed by atoms with van der Waals surface area (Å²) in [7, 11) is 0. The summed E-state index contributed by atoms with van der Waals surface area (Å²) >= 11 is 0. The van der Waals surface area contributed by atoms with Crippen LogP contribution in [0.15, 0.2) is 303 Å². The number of anilines is 12. The summed E-state index contributed by atoms with van der Waals surface area (Å²) in [5.41, 5.74) is 39.4. The Morgan fingerprint density at radius 1 is 0.197 bits per heavy atom. The third-order valence-electron chi connectivity index (χ3n) is 28.1. The van der Waals surface area contributed by atoms with Crippen LogP contribution in [-0.4, -0.2) is 20.1 Å². The fourth-order valence-corrected chi connectivity index (χ4v) is 21.1. The zero-order valence-electron chi connectivity index (χ0n) is 77.7. The summed E-state index contributed by atoms with van der Waals surface area (Å²) in [5.74, 6) is 3.40. The molecule has 15 aromatic rings. The lowest BCUT2D eigenvalue weighted by atomic mass is 9.28. The van der Waals surface area contributed by atoms with Crippen molar-refractivity contribution in [1.82, 2.24) is 0 Å². The molecule has 0 fully saturated rings. The summed E-state index contributed by atoms with van der Waals surface area (Å²) in [6.45, 7) is 48.3. The zero-order chi connectivity index (χ0) is 88.4. The lowest BCUT2D eigenvalue weighted by Crippen LogP contribution is -2.67. The van der Waals surface area contributed by atoms with Crippen LogP contribution in [0.4, 0.5) is 68.2 Å². The van der Waals surface area contributed by atoms with Gasteiger partial charge < -0.3 is 29.1 Å². The lowest BCUT2D eigenvalue weighted by Gasteiger charge is -2.50. The summed E-state index contributed by atoms with van der Waals surface area (Å²) in [4.78, 5) is 10.7. The van der Waals surface area contributed by atoms with E-state index in [1.807, 2.05) is 0 Å². The summed E-state index contributed by atoms with van der Waals surface area (Å²) in [6.07, 6.45) is 0. The highest BCUT2D eigenvalue weighted by molar-refractivity contribution is 7.05. The molecule has 0 aromatic heterocycles. The molecular weight excluding hydrogens is 1540 g/mol. The molecule has 127 heavy (non-hydrogen) atoms. The maximum atomic E-state index is 8.64. The number of fused-ring (bicyclic) bond motifs is 14. The SMILES string of the molecule is CC(C)(C)c1ccc(N2c3ccc(C(C)(C)C)cc3B3c4cc(C(C)(C)C)ccc4Oc4c3c2cc2c4B3c4c(cc(C(C)(C)C)cc4N(c4c(-c5ccccc5)cccc4-c4ccccc4)c4cc5c6c(c43)Oc3ccc(C(C)(C)C)cc3B6c3cc(C(C)(C)C)ccc3N5c3ccc(C(C)(C)C)cc3)N2c2c(-c3ccccc3)cccc2-c2ccccc2)cc1. The van der Waals surface area contributed by atoms with Gasteiger partial charge in [-0.25, -0.2) is 0 Å². The minimum atomic E-state index is -0.610. The highest BCUT2D eigenvalue weighted by Crippen LogP contribution is 2.59. The van der Waals surface area contributed by atoms with Crippen LogP contribution in [0.1, 0.15) is 184 Å². The smallest absolute Gasteiger partial charge is 0.261 e. The van der Waals surface area contributed by atoms with E-state index in [4.69, 9.17) is 9.47 Å². The molecule has 6 aliphatic rings. The molecular formula is C118H113B3N4O2. The zero-order valence-corrected chi connectivity index (χ0v) is 77.7. The topological polar surface area (TPSA) is 31.4 Å². The van der Waals surface area contributed by atoms with Gasteiger partial charge in [0.05, 0.1) is 11.4 Å². The van der Waals surface area contributed by atoms with Gasteiger partial charge in [-0.2, -0.15) is 0 Å². The molecule has 0 amide bonds. The molecule has 6 nitrogen and oxygen atoms in total. The highest BCUT2D eigenvalue weighted by atomic mass is 16.5. The molecule has 626 valence electrons. The van der Waals surface area contributed by atoms with E-state index in [0.717, 1.165) is 174 Å². The molecule has 0 saturated carbocycles. The Bertz CT molecular complexity index is 6460. The van der Waals surface area contributed by atoms with Crippen molar-refractivity contribution in [2.75, 3.05) is 19.6 Å². The number of para-hydroxylation sites is 2. The Morgan fingerprint density at radius 2 is 0.457 bits per heavy atom. The van der Waals surface area contributed by atoms with Crippen LogP contribution in [0.2, 0.25) is 0 Å². The van der Waals surface area contributed by atoms with Crippen LogP contribution >= 0.6 is 0 Å². The normalized spacial score (nSPS) is 14.2. The predicted octanol–water partition coefficient (Wildman–Crippen LogP) is 26.3. The van der Waals surface area contributed by atoms with Crippen molar-refractivity contribution >= 4 is 138 Å². The number of nitrogens with zero attached hydrogens (tertiary/aromatic N) is 4. The molecule has 15 aromatic carbocycles. The van der Waals surface area contributed by atoms with E-state index >= 15 is 0 Å². The number of hydrogen-bond acceptors (Lipinski definition) is 6. The van der Waals surface area contributed by atoms with Crippen LogP contribution < -0.4 is 78.2 Å². The molecule has 0 aliphatic carbocycles. The maximum absolute atomic E-state index is 8.64. The molecule has 0 unspecified atom stereocenters. The minimum Gasteiger partial charge on any atom is -0.459 e. The molecule has 0 saturated heterocycles. The number of ether oxygens (including phenoxy) is 2. The maximum Gasteiger partial charge on any atom is 0.261 e. The van der Waals surface area contributed by atoms with Crippen LogP contribution in [0.25, 0.3) is 44.5 Å². The van der Waals surface area contributed by atoms with Gasteiger partial charge in [-0.1, -0.05) is 376 Å². The van der Waals surface area contributed by atoms with Crippen molar-refractivity contribution < 1.29 is 9.47 Å². The molecule has 6 heterocycles. The average Bonchev–Trinajstić information content (AvgIpc) is 0.662. The van der Waals surface area contributed by atoms with Crippen molar-refractivity contribution in [2.45, 2.75) is 183 Å². The minimum absolute atomic E-state index is 0.104. The van der Waals surface area contributed by atoms with Crippen LogP contribution in [0.5, 0.6) is 23.0 Å². The van der Waals surface area contributed by atoms with Crippen LogP contribution in [0.3, 0.4) is 0 Å². The van der Waals surface area contributed by atoms with Gasteiger partial charge in [-0.3, -0.25) is 0 Å². The fraction of sp³-hybridized carbons (Fsp3) is 0.237. The predicted molar refractivity (Wildman–Crippen MR) is 545 cm³/mol. The van der Waals surface area contributed by atoms with Crippen molar-refractivity contribution in [3.05, 3.63) is 342 Å². The summed E-state index contributed by atoms with van der Waals surface area (Å²) in [6, 6.07) is 117. The van der Waals surface area contributed by atoms with Gasteiger partial charge in [-0.15, -0.1) is 0 Å². The van der Waals surface area contributed by atoms with Crippen molar-refractivity contribution in [3.8, 4) is 67.5 Å². The molecule has 0 spiro atoms. The molecule has 21 rings (SSSR count). The first kappa shape index (κ1) is 81.3. The third kappa shape index (κ3) is 13.3. The second kappa shape index (κ2) is 28.9. The second-order valence-electron chi connectivity index (χ2n) is 43.7.